The van der Waals surface area contributed by atoms with E-state index in [-0.39, 0.29) is 30.7 Å². The first-order valence-electron chi connectivity index (χ1n) is 6.92. The van der Waals surface area contributed by atoms with Crippen molar-refractivity contribution in [2.24, 2.45) is 0 Å². The van der Waals surface area contributed by atoms with E-state index in [1.54, 1.807) is 12.1 Å². The molecular weight excluding hydrogens is 277 g/mol. The zero-order valence-electron chi connectivity index (χ0n) is 11.8. The van der Waals surface area contributed by atoms with Gasteiger partial charge in [-0.3, -0.25) is 4.79 Å². The van der Waals surface area contributed by atoms with Crippen LogP contribution in [0.4, 0.5) is 4.39 Å². The summed E-state index contributed by atoms with van der Waals surface area (Å²) in [5.41, 5.74) is 0. The summed E-state index contributed by atoms with van der Waals surface area (Å²) in [6.07, 6.45) is 1.69. The van der Waals surface area contributed by atoms with Gasteiger partial charge in [0, 0.05) is 6.04 Å². The number of benzene rings is 1. The molecule has 5 nitrogen and oxygen atoms in total. The van der Waals surface area contributed by atoms with Crippen molar-refractivity contribution in [3.05, 3.63) is 30.1 Å². The zero-order chi connectivity index (χ0) is 15.4. The Bertz CT molecular complexity index is 530. The third-order valence-electron chi connectivity index (χ3n) is 3.41. The van der Waals surface area contributed by atoms with Gasteiger partial charge in [0.2, 0.25) is 5.91 Å². The molecule has 1 atom stereocenters. The second kappa shape index (κ2) is 6.56. The molecule has 114 valence electrons. The minimum Gasteiger partial charge on any atom is -0.490 e. The minimum atomic E-state index is -1.02. The molecule has 0 heterocycles. The van der Waals surface area contributed by atoms with Gasteiger partial charge in [-0.1, -0.05) is 12.1 Å². The van der Waals surface area contributed by atoms with Crippen molar-refractivity contribution < 1.29 is 23.8 Å². The molecule has 0 bridgehead atoms. The Morgan fingerprint density at radius 1 is 1.43 bits per heavy atom. The average molecular weight is 295 g/mol. The number of carbonyl (C=O) groups excluding carboxylic acids is 1. The van der Waals surface area contributed by atoms with Crippen LogP contribution in [0.5, 0.6) is 5.75 Å². The average Bonchev–Trinajstić information content (AvgIpc) is 3.25. The number of carboxylic acid groups (broad SMARTS) is 1. The third kappa shape index (κ3) is 3.93. The predicted octanol–water partition coefficient (Wildman–Crippen LogP) is 2.06. The van der Waals surface area contributed by atoms with Gasteiger partial charge in [-0.25, -0.2) is 9.18 Å². The maximum Gasteiger partial charge on any atom is 0.326 e. The van der Waals surface area contributed by atoms with E-state index in [1.165, 1.54) is 24.0 Å². The van der Waals surface area contributed by atoms with Crippen molar-refractivity contribution in [3.63, 3.8) is 0 Å². The summed E-state index contributed by atoms with van der Waals surface area (Å²) >= 11 is 0. The fourth-order valence-corrected chi connectivity index (χ4v) is 2.15. The Morgan fingerprint density at radius 3 is 2.67 bits per heavy atom. The van der Waals surface area contributed by atoms with Crippen LogP contribution in [0.2, 0.25) is 0 Å². The van der Waals surface area contributed by atoms with Crippen molar-refractivity contribution in [2.45, 2.75) is 38.3 Å². The highest BCUT2D eigenvalue weighted by Crippen LogP contribution is 2.29. The smallest absolute Gasteiger partial charge is 0.326 e. The van der Waals surface area contributed by atoms with Crippen molar-refractivity contribution in [3.8, 4) is 5.75 Å². The summed E-state index contributed by atoms with van der Waals surface area (Å²) in [6.45, 7) is 1.52. The largest absolute Gasteiger partial charge is 0.490 e. The molecule has 1 amide bonds. The summed E-state index contributed by atoms with van der Waals surface area (Å²) in [7, 11) is 0. The number of hydrogen-bond acceptors (Lipinski definition) is 3. The molecule has 0 aliphatic heterocycles. The van der Waals surface area contributed by atoms with Crippen molar-refractivity contribution in [1.29, 1.82) is 0 Å². The Balaban J connectivity index is 1.88. The molecule has 1 unspecified atom stereocenters. The van der Waals surface area contributed by atoms with Crippen molar-refractivity contribution in [1.82, 2.24) is 4.90 Å². The van der Waals surface area contributed by atoms with E-state index in [0.717, 1.165) is 12.8 Å². The van der Waals surface area contributed by atoms with Gasteiger partial charge in [0.15, 0.2) is 11.6 Å². The lowest BCUT2D eigenvalue weighted by atomic mass is 10.2. The summed E-state index contributed by atoms with van der Waals surface area (Å²) in [5.74, 6) is -1.69. The van der Waals surface area contributed by atoms with Crippen LogP contribution in [0.25, 0.3) is 0 Å². The number of halogens is 1. The van der Waals surface area contributed by atoms with Crippen LogP contribution in [0.15, 0.2) is 24.3 Å². The normalized spacial score (nSPS) is 15.3. The number of hydrogen-bond donors (Lipinski definition) is 1. The molecule has 21 heavy (non-hydrogen) atoms. The number of rotatable bonds is 7. The Labute approximate surface area is 122 Å². The molecule has 1 N–H and O–H groups in total. The Morgan fingerprint density at radius 2 is 2.10 bits per heavy atom. The lowest BCUT2D eigenvalue weighted by Crippen LogP contribution is -2.45. The molecule has 1 aliphatic rings. The molecule has 0 saturated heterocycles. The quantitative estimate of drug-likeness (QED) is 0.836. The predicted molar refractivity (Wildman–Crippen MR) is 73.5 cm³/mol. The number of amides is 1. The van der Waals surface area contributed by atoms with Crippen LogP contribution in [-0.2, 0) is 9.59 Å². The standard InChI is InChI=1S/C15H18FNO4/c1-10(15(19)20)17(11-6-7-11)14(18)8-9-21-13-5-3-2-4-12(13)16/h2-5,10-11H,6-9H2,1H3,(H,19,20). The minimum absolute atomic E-state index is 0.0112. The highest BCUT2D eigenvalue weighted by atomic mass is 19.1. The van der Waals surface area contributed by atoms with E-state index in [1.807, 2.05) is 0 Å². The molecule has 1 fully saturated rings. The number of para-hydroxylation sites is 1. The number of aliphatic carboxylic acids is 1. The number of carboxylic acids is 1. The fraction of sp³-hybridized carbons (Fsp3) is 0.467. The van der Waals surface area contributed by atoms with Crippen LogP contribution >= 0.6 is 0 Å². The van der Waals surface area contributed by atoms with E-state index >= 15 is 0 Å². The van der Waals surface area contributed by atoms with Gasteiger partial charge in [-0.2, -0.15) is 0 Å². The van der Waals surface area contributed by atoms with E-state index in [4.69, 9.17) is 9.84 Å². The molecular formula is C15H18FNO4. The van der Waals surface area contributed by atoms with Crippen LogP contribution in [0.3, 0.4) is 0 Å². The van der Waals surface area contributed by atoms with Gasteiger partial charge < -0.3 is 14.7 Å². The number of ether oxygens (including phenoxy) is 1. The van der Waals surface area contributed by atoms with Crippen molar-refractivity contribution in [2.75, 3.05) is 6.61 Å². The van der Waals surface area contributed by atoms with Gasteiger partial charge in [0.1, 0.15) is 6.04 Å². The topological polar surface area (TPSA) is 66.8 Å². The monoisotopic (exact) mass is 295 g/mol. The lowest BCUT2D eigenvalue weighted by molar-refractivity contribution is -0.150. The van der Waals surface area contributed by atoms with E-state index in [9.17, 15) is 14.0 Å². The second-order valence-corrected chi connectivity index (χ2v) is 5.08. The maximum atomic E-state index is 13.3. The number of carbonyl (C=O) groups is 2. The lowest BCUT2D eigenvalue weighted by Gasteiger charge is -2.26. The summed E-state index contributed by atoms with van der Waals surface area (Å²) in [6, 6.07) is 5.12. The fourth-order valence-electron chi connectivity index (χ4n) is 2.15. The molecule has 2 rings (SSSR count). The van der Waals surface area contributed by atoms with Gasteiger partial charge >= 0.3 is 5.97 Å². The zero-order valence-corrected chi connectivity index (χ0v) is 11.8. The van der Waals surface area contributed by atoms with E-state index in [2.05, 4.69) is 0 Å². The van der Waals surface area contributed by atoms with E-state index in [0.29, 0.717) is 0 Å². The first kappa shape index (κ1) is 15.3. The van der Waals surface area contributed by atoms with Crippen molar-refractivity contribution >= 4 is 11.9 Å². The Hall–Kier alpha value is -2.11. The summed E-state index contributed by atoms with van der Waals surface area (Å²) in [5, 5.41) is 9.04. The SMILES string of the molecule is CC(C(=O)O)N(C(=O)CCOc1ccccc1F)C1CC1. The summed E-state index contributed by atoms with van der Waals surface area (Å²) in [4.78, 5) is 24.6. The number of nitrogens with zero attached hydrogens (tertiary/aromatic N) is 1. The van der Waals surface area contributed by atoms with Crippen LogP contribution in [-0.4, -0.2) is 40.6 Å². The second-order valence-electron chi connectivity index (χ2n) is 5.08. The molecule has 0 aromatic heterocycles. The van der Waals surface area contributed by atoms with E-state index < -0.39 is 17.8 Å². The van der Waals surface area contributed by atoms with Crippen LogP contribution < -0.4 is 4.74 Å². The van der Waals surface area contributed by atoms with Crippen LogP contribution in [0, 0.1) is 5.82 Å². The van der Waals surface area contributed by atoms with Gasteiger partial charge in [-0.15, -0.1) is 0 Å². The van der Waals surface area contributed by atoms with Gasteiger partial charge in [0.25, 0.3) is 0 Å². The molecule has 1 aromatic rings. The molecule has 6 heteroatoms. The third-order valence-corrected chi connectivity index (χ3v) is 3.41. The maximum absolute atomic E-state index is 13.3. The summed E-state index contributed by atoms with van der Waals surface area (Å²) < 4.78 is 18.6. The molecule has 1 aromatic carbocycles. The highest BCUT2D eigenvalue weighted by molar-refractivity contribution is 5.84. The van der Waals surface area contributed by atoms with Gasteiger partial charge in [-0.05, 0) is 31.9 Å². The van der Waals surface area contributed by atoms with Gasteiger partial charge in [0.05, 0.1) is 13.0 Å². The highest BCUT2D eigenvalue weighted by Gasteiger charge is 2.38. The molecule has 1 aliphatic carbocycles. The Kier molecular flexibility index (Phi) is 4.77. The molecule has 0 radical (unpaired) electrons. The first-order valence-corrected chi connectivity index (χ1v) is 6.92. The van der Waals surface area contributed by atoms with Crippen LogP contribution in [0.1, 0.15) is 26.2 Å². The first-order chi connectivity index (χ1) is 10.0. The molecule has 1 saturated carbocycles. The molecule has 0 spiro atoms.